The van der Waals surface area contributed by atoms with Gasteiger partial charge >= 0.3 is 0 Å². The van der Waals surface area contributed by atoms with Gasteiger partial charge in [-0.3, -0.25) is 24.3 Å². The van der Waals surface area contributed by atoms with Crippen molar-refractivity contribution in [2.45, 2.75) is 36.8 Å². The van der Waals surface area contributed by atoms with Crippen molar-refractivity contribution >= 4 is 46.6 Å². The lowest BCUT2D eigenvalue weighted by Gasteiger charge is -2.35. The Labute approximate surface area is 192 Å². The molecule has 3 aliphatic heterocycles. The molecule has 1 spiro atoms. The molecule has 0 saturated carbocycles. The zero-order valence-electron chi connectivity index (χ0n) is 17.8. The van der Waals surface area contributed by atoms with Crippen molar-refractivity contribution in [1.82, 2.24) is 4.90 Å². The number of amides is 2. The topological polar surface area (TPSA) is 43.9 Å². The predicted molar refractivity (Wildman–Crippen MR) is 126 cm³/mol. The van der Waals surface area contributed by atoms with Crippen LogP contribution in [0, 0.1) is 5.92 Å². The lowest BCUT2D eigenvalue weighted by molar-refractivity contribution is -0.124. The van der Waals surface area contributed by atoms with Crippen molar-refractivity contribution in [3.63, 3.8) is 0 Å². The molecule has 0 aromatic heterocycles. The summed E-state index contributed by atoms with van der Waals surface area (Å²) in [5.74, 6) is 0.616. The molecule has 2 saturated heterocycles. The molecule has 162 valence electrons. The number of benzene rings is 2. The van der Waals surface area contributed by atoms with Crippen LogP contribution in [0.1, 0.15) is 32.3 Å². The standard InChI is InChI=1S/C24H26ClN3O2S/c1-16-10-12-26(13-11-16)15-27-21-9-4-3-8-20(21)24(23(27)30)28(22(29)17(2)31-24)19-7-5-6-18(25)14-19/h3-9,14,16-17H,10-13,15H2,1-2H3/t17-,24+/m0/s1. The second kappa shape index (κ2) is 7.84. The van der Waals surface area contributed by atoms with Crippen LogP contribution in [0.25, 0.3) is 0 Å². The van der Waals surface area contributed by atoms with Gasteiger partial charge in [-0.15, -0.1) is 11.8 Å². The maximum atomic E-state index is 14.1. The molecule has 3 aliphatic rings. The van der Waals surface area contributed by atoms with E-state index in [9.17, 15) is 9.59 Å². The highest BCUT2D eigenvalue weighted by molar-refractivity contribution is 8.03. The molecule has 3 heterocycles. The Morgan fingerprint density at radius 3 is 2.55 bits per heavy atom. The van der Waals surface area contributed by atoms with E-state index >= 15 is 0 Å². The smallest absolute Gasteiger partial charge is 0.269 e. The normalized spacial score (nSPS) is 26.9. The van der Waals surface area contributed by atoms with Crippen LogP contribution in [0.5, 0.6) is 0 Å². The molecule has 0 radical (unpaired) electrons. The van der Waals surface area contributed by atoms with Gasteiger partial charge < -0.3 is 0 Å². The molecule has 0 aliphatic carbocycles. The summed E-state index contributed by atoms with van der Waals surface area (Å²) < 4.78 is 0. The summed E-state index contributed by atoms with van der Waals surface area (Å²) in [6.45, 7) is 6.69. The number of carbonyl (C=O) groups is 2. The van der Waals surface area contributed by atoms with Crippen LogP contribution in [0.15, 0.2) is 48.5 Å². The Morgan fingerprint density at radius 1 is 1.06 bits per heavy atom. The first kappa shape index (κ1) is 20.9. The molecule has 0 N–H and O–H groups in total. The number of halogens is 1. The zero-order chi connectivity index (χ0) is 21.8. The number of hydrogen-bond acceptors (Lipinski definition) is 4. The average Bonchev–Trinajstić information content (AvgIpc) is 3.16. The summed E-state index contributed by atoms with van der Waals surface area (Å²) >= 11 is 7.69. The number of likely N-dealkylation sites (tertiary alicyclic amines) is 1. The molecule has 7 heteroatoms. The Balaban J connectivity index is 1.59. The number of fused-ring (bicyclic) bond motifs is 2. The number of anilines is 2. The fourth-order valence-corrected chi connectivity index (χ4v) is 6.61. The van der Waals surface area contributed by atoms with Gasteiger partial charge in [0.2, 0.25) is 10.8 Å². The van der Waals surface area contributed by atoms with Crippen LogP contribution in [0.3, 0.4) is 0 Å². The van der Waals surface area contributed by atoms with Crippen molar-refractivity contribution in [1.29, 1.82) is 0 Å². The van der Waals surface area contributed by atoms with Gasteiger partial charge in [0.15, 0.2) is 0 Å². The number of piperidine rings is 1. The van der Waals surface area contributed by atoms with Gasteiger partial charge in [0.1, 0.15) is 0 Å². The van der Waals surface area contributed by atoms with Crippen LogP contribution < -0.4 is 9.80 Å². The molecular formula is C24H26ClN3O2S. The van der Waals surface area contributed by atoms with Gasteiger partial charge in [-0.1, -0.05) is 42.8 Å². The molecule has 5 rings (SSSR count). The van der Waals surface area contributed by atoms with Gasteiger partial charge in [-0.25, -0.2) is 0 Å². The molecule has 2 aromatic carbocycles. The number of para-hydroxylation sites is 1. The Bertz CT molecular complexity index is 1040. The van der Waals surface area contributed by atoms with Crippen LogP contribution in [0.2, 0.25) is 5.02 Å². The van der Waals surface area contributed by atoms with E-state index in [-0.39, 0.29) is 17.1 Å². The first-order valence-electron chi connectivity index (χ1n) is 10.8. The van der Waals surface area contributed by atoms with Crippen LogP contribution >= 0.6 is 23.4 Å². The summed E-state index contributed by atoms with van der Waals surface area (Å²) in [6.07, 6.45) is 2.29. The van der Waals surface area contributed by atoms with Gasteiger partial charge in [-0.2, -0.15) is 0 Å². The van der Waals surface area contributed by atoms with E-state index in [4.69, 9.17) is 11.6 Å². The third-order valence-electron chi connectivity index (χ3n) is 6.61. The van der Waals surface area contributed by atoms with Crippen molar-refractivity contribution < 1.29 is 9.59 Å². The van der Waals surface area contributed by atoms with E-state index in [1.165, 1.54) is 11.8 Å². The summed E-state index contributed by atoms with van der Waals surface area (Å²) in [7, 11) is 0. The van der Waals surface area contributed by atoms with E-state index in [1.54, 1.807) is 17.0 Å². The van der Waals surface area contributed by atoms with Crippen LogP contribution in [0.4, 0.5) is 11.4 Å². The summed E-state index contributed by atoms with van der Waals surface area (Å²) in [5.41, 5.74) is 2.44. The molecule has 2 fully saturated rings. The third kappa shape index (κ3) is 3.27. The van der Waals surface area contributed by atoms with Crippen molar-refractivity contribution in [2.75, 3.05) is 29.6 Å². The Morgan fingerprint density at radius 2 is 1.81 bits per heavy atom. The average molecular weight is 456 g/mol. The minimum atomic E-state index is -1.10. The van der Waals surface area contributed by atoms with Crippen molar-refractivity contribution in [3.8, 4) is 0 Å². The van der Waals surface area contributed by atoms with Gasteiger partial charge in [0.25, 0.3) is 5.91 Å². The van der Waals surface area contributed by atoms with Crippen LogP contribution in [-0.4, -0.2) is 41.7 Å². The highest BCUT2D eigenvalue weighted by Crippen LogP contribution is 2.57. The Hall–Kier alpha value is -2.02. The van der Waals surface area contributed by atoms with Gasteiger partial charge in [0.05, 0.1) is 17.6 Å². The summed E-state index contributed by atoms with van der Waals surface area (Å²) in [6, 6.07) is 15.1. The molecule has 2 aromatic rings. The maximum absolute atomic E-state index is 14.1. The fourth-order valence-electron chi connectivity index (χ4n) is 4.90. The number of thioether (sulfide) groups is 1. The second-order valence-corrected chi connectivity index (χ2v) is 10.7. The quantitative estimate of drug-likeness (QED) is 0.673. The molecule has 5 nitrogen and oxygen atoms in total. The predicted octanol–water partition coefficient (Wildman–Crippen LogP) is 4.70. The van der Waals surface area contributed by atoms with E-state index < -0.39 is 4.87 Å². The van der Waals surface area contributed by atoms with E-state index in [0.29, 0.717) is 17.4 Å². The third-order valence-corrected chi connectivity index (χ3v) is 8.32. The zero-order valence-corrected chi connectivity index (χ0v) is 19.3. The number of nitrogens with zero attached hydrogens (tertiary/aromatic N) is 3. The first-order valence-corrected chi connectivity index (χ1v) is 12.1. The molecular weight excluding hydrogens is 430 g/mol. The van der Waals surface area contributed by atoms with Crippen LogP contribution in [-0.2, 0) is 14.5 Å². The number of hydrogen-bond donors (Lipinski definition) is 0. The highest BCUT2D eigenvalue weighted by atomic mass is 35.5. The monoisotopic (exact) mass is 455 g/mol. The SMILES string of the molecule is CC1CCN(CN2C(=O)[C@]3(S[C@@H](C)C(=O)N3c3cccc(Cl)c3)c3ccccc32)CC1. The lowest BCUT2D eigenvalue weighted by Crippen LogP contribution is -2.52. The van der Waals surface area contributed by atoms with E-state index in [2.05, 4.69) is 11.8 Å². The van der Waals surface area contributed by atoms with Gasteiger partial charge in [-0.05, 0) is 49.9 Å². The highest BCUT2D eigenvalue weighted by Gasteiger charge is 2.63. The van der Waals surface area contributed by atoms with Crippen molar-refractivity contribution in [2.24, 2.45) is 5.92 Å². The summed E-state index contributed by atoms with van der Waals surface area (Å²) in [4.78, 5) is 32.3. The van der Waals surface area contributed by atoms with E-state index in [1.807, 2.05) is 48.2 Å². The lowest BCUT2D eigenvalue weighted by atomic mass is 10.00. The molecule has 0 unspecified atom stereocenters. The second-order valence-electron chi connectivity index (χ2n) is 8.75. The first-order chi connectivity index (χ1) is 14.9. The summed E-state index contributed by atoms with van der Waals surface area (Å²) in [5, 5.41) is 0.217. The molecule has 2 atom stereocenters. The minimum absolute atomic E-state index is 0.0463. The molecule has 0 bridgehead atoms. The number of rotatable bonds is 3. The van der Waals surface area contributed by atoms with E-state index in [0.717, 1.165) is 43.1 Å². The van der Waals surface area contributed by atoms with Gasteiger partial charge in [0, 0.05) is 29.4 Å². The minimum Gasteiger partial charge on any atom is -0.295 e. The maximum Gasteiger partial charge on any atom is 0.269 e. The molecule has 31 heavy (non-hydrogen) atoms. The Kier molecular flexibility index (Phi) is 5.27. The fraction of sp³-hybridized carbons (Fsp3) is 0.417. The molecule has 2 amide bonds. The largest absolute Gasteiger partial charge is 0.295 e. The van der Waals surface area contributed by atoms with Crippen molar-refractivity contribution in [3.05, 3.63) is 59.1 Å². The number of carbonyl (C=O) groups excluding carboxylic acids is 2.